The van der Waals surface area contributed by atoms with E-state index >= 15 is 0 Å². The lowest BCUT2D eigenvalue weighted by Crippen LogP contribution is -2.52. The van der Waals surface area contributed by atoms with Crippen LogP contribution in [0.2, 0.25) is 0 Å². The summed E-state index contributed by atoms with van der Waals surface area (Å²) in [4.78, 5) is 5.94. The van der Waals surface area contributed by atoms with E-state index in [0.717, 1.165) is 24.6 Å². The van der Waals surface area contributed by atoms with Crippen LogP contribution in [-0.4, -0.2) is 37.0 Å². The van der Waals surface area contributed by atoms with Crippen LogP contribution in [0.25, 0.3) is 259 Å². The van der Waals surface area contributed by atoms with Gasteiger partial charge in [-0.25, -0.2) is 0 Å². The smallest absolute Gasteiger partial charge is 0.119 e. The molecule has 27 aromatic rings. The summed E-state index contributed by atoms with van der Waals surface area (Å²) in [5.41, 5.74) is 21.1. The van der Waals surface area contributed by atoms with Crippen LogP contribution in [0.5, 0.6) is 11.5 Å². The molecule has 4 unspecified atom stereocenters. The minimum absolute atomic E-state index is 0.0554. The van der Waals surface area contributed by atoms with E-state index in [9.17, 15) is 0 Å². The summed E-state index contributed by atoms with van der Waals surface area (Å²) in [6.45, 7) is 3.01. The Morgan fingerprint density at radius 2 is 0.478 bits per heavy atom. The highest BCUT2D eigenvalue weighted by atomic mass is 16.5. The van der Waals surface area contributed by atoms with Crippen molar-refractivity contribution >= 4 is 248 Å². The van der Waals surface area contributed by atoms with Gasteiger partial charge in [0.2, 0.25) is 0 Å². The zero-order chi connectivity index (χ0) is 54.8. The fourth-order valence-electron chi connectivity index (χ4n) is 31.2. The number of likely N-dealkylation sites (N-methyl/N-ethyl adjacent to an activating group) is 2. The molecular weight excluding hydrogens is 1090 g/mol. The van der Waals surface area contributed by atoms with Crippen molar-refractivity contribution in [3.05, 3.63) is 140 Å². The lowest BCUT2D eigenvalue weighted by Gasteiger charge is -2.53. The highest BCUT2D eigenvalue weighted by Crippen LogP contribution is 2.92. The molecule has 42 rings (SSSR count). The Labute approximate surface area is 500 Å². The first-order valence-electron chi connectivity index (χ1n) is 33.6. The predicted molar refractivity (Wildman–Crippen MR) is 365 cm³/mol. The molecule has 394 valence electrons. The van der Waals surface area contributed by atoms with E-state index in [2.05, 4.69) is 96.7 Å². The number of likely N-dealkylation sites (tertiary alicyclic amines) is 2. The van der Waals surface area contributed by atoms with Gasteiger partial charge in [0.15, 0.2) is 0 Å². The van der Waals surface area contributed by atoms with Crippen molar-refractivity contribution in [1.82, 2.24) is 9.80 Å². The lowest BCUT2D eigenvalue weighted by molar-refractivity contribution is 0.268. The van der Waals surface area contributed by atoms with Gasteiger partial charge in [0.25, 0.3) is 0 Å². The molecule has 4 heteroatoms. The second kappa shape index (κ2) is 9.06. The minimum atomic E-state index is -0.440. The highest BCUT2D eigenvalue weighted by Gasteiger charge is 2.82. The first-order chi connectivity index (χ1) is 44.6. The summed E-state index contributed by atoms with van der Waals surface area (Å²) in [6.07, 6.45) is 0. The first-order valence-corrected chi connectivity index (χ1v) is 33.6. The maximum absolute atomic E-state index is 6.86. The van der Waals surface area contributed by atoms with Crippen molar-refractivity contribution in [2.45, 2.75) is 47.0 Å². The molecule has 4 nitrogen and oxygen atoms in total. The van der Waals surface area contributed by atoms with Gasteiger partial charge < -0.3 is 9.47 Å². The van der Waals surface area contributed by atoms with Crippen LogP contribution in [0.4, 0.5) is 0 Å². The predicted octanol–water partition coefficient (Wildman–Crippen LogP) is 19.7. The van der Waals surface area contributed by atoms with E-state index in [1.165, 1.54) is 22.3 Å². The van der Waals surface area contributed by atoms with Gasteiger partial charge in [-0.1, -0.05) is 48.5 Å². The molecule has 27 aromatic carbocycles. The van der Waals surface area contributed by atoms with E-state index in [-0.39, 0.29) is 22.9 Å². The van der Waals surface area contributed by atoms with Crippen LogP contribution < -0.4 is 9.47 Å². The van der Waals surface area contributed by atoms with Crippen molar-refractivity contribution in [3.8, 4) is 22.6 Å². The Bertz CT molecular complexity index is 8510. The van der Waals surface area contributed by atoms with Crippen molar-refractivity contribution in [1.29, 1.82) is 0 Å². The Morgan fingerprint density at radius 3 is 0.789 bits per heavy atom. The normalized spacial score (nSPS) is 27.1. The molecule has 2 saturated heterocycles. The molecule has 90 heavy (non-hydrogen) atoms. The van der Waals surface area contributed by atoms with Crippen LogP contribution in [0, 0.1) is 0 Å². The third-order valence-corrected chi connectivity index (χ3v) is 31.5. The number of fused-ring (bicyclic) bond motifs is 1. The Morgan fingerprint density at radius 1 is 0.256 bits per heavy atom. The Kier molecular flexibility index (Phi) is 3.73. The number of rotatable bonds is 0. The van der Waals surface area contributed by atoms with Crippen molar-refractivity contribution in [2.24, 2.45) is 0 Å². The average molecular weight is 1120 g/mol. The van der Waals surface area contributed by atoms with Crippen LogP contribution in [0.1, 0.15) is 78.8 Å². The summed E-state index contributed by atoms with van der Waals surface area (Å²) in [6, 6.07) is 28.7. The fraction of sp³-hybridized carbons (Fsp3) is 0.140. The summed E-state index contributed by atoms with van der Waals surface area (Å²) < 4.78 is 13.7. The molecule has 4 spiro atoms. The number of benzene rings is 19. The van der Waals surface area contributed by atoms with Crippen LogP contribution in [0.15, 0.2) is 72.8 Å². The van der Waals surface area contributed by atoms with Crippen molar-refractivity contribution < 1.29 is 9.47 Å². The highest BCUT2D eigenvalue weighted by molar-refractivity contribution is 6.79. The van der Waals surface area contributed by atoms with E-state index < -0.39 is 10.8 Å². The monoisotopic (exact) mass is 1120 g/mol. The third-order valence-electron chi connectivity index (χ3n) is 31.5. The van der Waals surface area contributed by atoms with Gasteiger partial charge in [0.1, 0.15) is 24.7 Å². The van der Waals surface area contributed by atoms with Gasteiger partial charge in [0.05, 0.1) is 21.7 Å². The zero-order valence-corrected chi connectivity index (χ0v) is 47.6. The van der Waals surface area contributed by atoms with E-state index in [1.807, 2.05) is 0 Å². The Hall–Kier alpha value is -10.1. The molecule has 7 heterocycles. The van der Waals surface area contributed by atoms with E-state index in [0.29, 0.717) is 13.2 Å². The molecule has 0 radical (unpaired) electrons. The molecule has 0 N–H and O–H groups in total. The van der Waals surface area contributed by atoms with Gasteiger partial charge in [0, 0.05) is 25.2 Å². The molecule has 0 amide bonds. The molecule has 0 saturated carbocycles. The molecule has 11 bridgehead atoms. The Balaban J connectivity index is 0.938. The van der Waals surface area contributed by atoms with Gasteiger partial charge in [-0.15, -0.1) is 0 Å². The van der Waals surface area contributed by atoms with Crippen molar-refractivity contribution in [2.75, 3.05) is 27.2 Å². The molecule has 7 aliphatic heterocycles. The summed E-state index contributed by atoms with van der Waals surface area (Å²) in [5, 5.41) is 76.5. The maximum Gasteiger partial charge on any atom is 0.119 e. The molecule has 8 aliphatic carbocycles. The van der Waals surface area contributed by atoms with Crippen LogP contribution in [-0.2, 0) is 34.9 Å². The second-order valence-corrected chi connectivity index (χ2v) is 32.6. The standard InChI is InChI=1S/C86H28N2O2/c1-87-17-83-73-59-49-38-29-25-26-28-33-27(25)34-31-36(29)43(49)53-47-40(31)51-42(34)52-45(33)56-46-35(28)32-37-30(26)39(38)50-44(37)54-48-41(32)55(46)67-70-58(48)69(64(54)74(83)60(50)59)79-72-71-76-65-57(47)68(63(53)73)78(71)86(79,83)82(87)22-9-13-24(14-10-22)90-16-20-5-3-19(4-6-20)15-89-23-11-7-21(8-12-23)81-85(80(70)72)77(67)66(56)62(52)75(61(51)65)84(76,85)18-88(81)2/h3-14,81-82H,15-18H2,1-2H3/t81-,82-,83?,84?,85?,86?/m0/s1. The van der Waals surface area contributed by atoms with Gasteiger partial charge in [-0.3, -0.25) is 9.80 Å². The first kappa shape index (κ1) is 37.0. The average Bonchev–Trinajstić information content (AvgIpc) is 1.37. The molecular formula is C86H28N2O2. The topological polar surface area (TPSA) is 24.9 Å². The van der Waals surface area contributed by atoms with Crippen molar-refractivity contribution in [3.63, 3.8) is 0 Å². The van der Waals surface area contributed by atoms with Crippen LogP contribution in [0.3, 0.4) is 0 Å². The second-order valence-electron chi connectivity index (χ2n) is 32.6. The maximum atomic E-state index is 6.86. The zero-order valence-electron chi connectivity index (χ0n) is 47.6. The number of hydrogen-bond acceptors (Lipinski definition) is 4. The summed E-state index contributed by atoms with van der Waals surface area (Å²) in [5.74, 6) is 1.88. The molecule has 0 aromatic heterocycles. The van der Waals surface area contributed by atoms with E-state index in [1.54, 1.807) is 303 Å². The fourth-order valence-corrected chi connectivity index (χ4v) is 31.2. The summed E-state index contributed by atoms with van der Waals surface area (Å²) in [7, 11) is 5.19. The third kappa shape index (κ3) is 2.24. The van der Waals surface area contributed by atoms with E-state index in [4.69, 9.17) is 9.47 Å². The van der Waals surface area contributed by atoms with Gasteiger partial charge in [-0.2, -0.15) is 0 Å². The van der Waals surface area contributed by atoms with Gasteiger partial charge in [-0.05, 0) is 364 Å². The van der Waals surface area contributed by atoms with Crippen LogP contribution >= 0.6 is 0 Å². The SMILES string of the molecule is CN1CC23c4c5c6c7c8c9c%10c%11c%12c%13c%14c%15c%16c%17c%18c-8c(c8c%19c2c2c4c4c%20c5c(c6%10)c5c%11c6c%13c%10c%14c%11c%16c%13c(c8%17)c%19c8c2c2c4c4c%20c5c6c5c%10c6c%11c%13c8c2c6c45)C73[C@@H]1c1ccc(cc1)OCc1ccc(cc1)COc1ccc(cc1)[C@@H]1N(C)CC9%12C%18%151. The number of ether oxygens (including phenoxy) is 2. The quantitative estimate of drug-likeness (QED) is 0.141. The molecule has 6 atom stereocenters. The minimum Gasteiger partial charge on any atom is -0.489 e. The summed E-state index contributed by atoms with van der Waals surface area (Å²) >= 11 is 0. The molecule has 15 aliphatic rings. The van der Waals surface area contributed by atoms with Gasteiger partial charge >= 0.3 is 0 Å². The molecule has 2 fully saturated rings. The largest absolute Gasteiger partial charge is 0.489 e. The lowest BCUT2D eigenvalue weighted by atomic mass is 9.46. The number of nitrogens with zero attached hydrogens (tertiary/aromatic N) is 2. The number of hydrogen-bond donors (Lipinski definition) is 0.